The summed E-state index contributed by atoms with van der Waals surface area (Å²) >= 11 is 0. The van der Waals surface area contributed by atoms with Crippen LogP contribution in [-0.2, 0) is 22.6 Å². The Kier molecular flexibility index (Phi) is 7.46. The molecular weight excluding hydrogens is 378 g/mol. The van der Waals surface area contributed by atoms with Gasteiger partial charge in [0.25, 0.3) is 0 Å². The first-order chi connectivity index (χ1) is 14.5. The van der Waals surface area contributed by atoms with Crippen molar-refractivity contribution in [1.29, 1.82) is 0 Å². The number of carbonyl (C=O) groups is 2. The van der Waals surface area contributed by atoms with E-state index >= 15 is 0 Å². The zero-order chi connectivity index (χ0) is 21.5. The lowest BCUT2D eigenvalue weighted by Gasteiger charge is -2.37. The van der Waals surface area contributed by atoms with E-state index in [1.807, 2.05) is 67.3 Å². The second-order valence-corrected chi connectivity index (χ2v) is 7.73. The van der Waals surface area contributed by atoms with Crippen LogP contribution in [0, 0.1) is 6.92 Å². The SMILES string of the molecule is COc1ccccc1CNC(=O)C(C)N1CCN(C(=O)Cc2ccccc2C)CC1. The number of nitrogens with one attached hydrogen (secondary N) is 1. The van der Waals surface area contributed by atoms with Crippen LogP contribution in [0.25, 0.3) is 0 Å². The third-order valence-electron chi connectivity index (χ3n) is 5.84. The molecule has 1 unspecified atom stereocenters. The summed E-state index contributed by atoms with van der Waals surface area (Å²) in [5, 5.41) is 3.00. The molecule has 2 aromatic carbocycles. The Bertz CT molecular complexity index is 876. The minimum absolute atomic E-state index is 0.0133. The maximum absolute atomic E-state index is 12.7. The van der Waals surface area contributed by atoms with Crippen molar-refractivity contribution < 1.29 is 14.3 Å². The van der Waals surface area contributed by atoms with Gasteiger partial charge in [0.2, 0.25) is 11.8 Å². The molecule has 6 heteroatoms. The number of aryl methyl sites for hydroxylation is 1. The number of carbonyl (C=O) groups excluding carboxylic acids is 2. The molecule has 1 saturated heterocycles. The van der Waals surface area contributed by atoms with Crippen molar-refractivity contribution in [2.45, 2.75) is 32.9 Å². The van der Waals surface area contributed by atoms with Gasteiger partial charge in [0.1, 0.15) is 5.75 Å². The highest BCUT2D eigenvalue weighted by atomic mass is 16.5. The van der Waals surface area contributed by atoms with Crippen LogP contribution in [0.1, 0.15) is 23.6 Å². The Morgan fingerprint density at radius 3 is 2.30 bits per heavy atom. The Hall–Kier alpha value is -2.86. The molecule has 1 heterocycles. The number of hydrogen-bond acceptors (Lipinski definition) is 4. The summed E-state index contributed by atoms with van der Waals surface area (Å²) in [4.78, 5) is 29.3. The zero-order valence-corrected chi connectivity index (χ0v) is 18.1. The number of methoxy groups -OCH3 is 1. The highest BCUT2D eigenvalue weighted by molar-refractivity contribution is 5.81. The summed E-state index contributed by atoms with van der Waals surface area (Å²) in [6.07, 6.45) is 0.432. The van der Waals surface area contributed by atoms with Gasteiger partial charge in [-0.1, -0.05) is 42.5 Å². The van der Waals surface area contributed by atoms with Crippen LogP contribution in [0.3, 0.4) is 0 Å². The second-order valence-electron chi connectivity index (χ2n) is 7.73. The van der Waals surface area contributed by atoms with Crippen molar-refractivity contribution in [1.82, 2.24) is 15.1 Å². The van der Waals surface area contributed by atoms with Crippen molar-refractivity contribution in [2.75, 3.05) is 33.3 Å². The Morgan fingerprint density at radius 2 is 1.63 bits per heavy atom. The first kappa shape index (κ1) is 21.8. The lowest BCUT2D eigenvalue weighted by atomic mass is 10.0. The van der Waals surface area contributed by atoms with Crippen molar-refractivity contribution in [3.8, 4) is 5.75 Å². The monoisotopic (exact) mass is 409 g/mol. The molecule has 6 nitrogen and oxygen atoms in total. The highest BCUT2D eigenvalue weighted by Gasteiger charge is 2.27. The number of hydrogen-bond donors (Lipinski definition) is 1. The quantitative estimate of drug-likeness (QED) is 0.763. The largest absolute Gasteiger partial charge is 0.496 e. The molecule has 1 fully saturated rings. The first-order valence-corrected chi connectivity index (χ1v) is 10.5. The summed E-state index contributed by atoms with van der Waals surface area (Å²) in [5.74, 6) is 0.907. The van der Waals surface area contributed by atoms with E-state index in [9.17, 15) is 9.59 Å². The van der Waals surface area contributed by atoms with Crippen LogP contribution in [-0.4, -0.2) is 60.9 Å². The number of ether oxygens (including phenoxy) is 1. The maximum Gasteiger partial charge on any atom is 0.237 e. The van der Waals surface area contributed by atoms with Crippen LogP contribution in [0.4, 0.5) is 0 Å². The zero-order valence-electron chi connectivity index (χ0n) is 18.1. The molecule has 0 bridgehead atoms. The average Bonchev–Trinajstić information content (AvgIpc) is 2.78. The van der Waals surface area contributed by atoms with Crippen molar-refractivity contribution in [2.24, 2.45) is 0 Å². The minimum atomic E-state index is -0.242. The molecule has 0 aromatic heterocycles. The highest BCUT2D eigenvalue weighted by Crippen LogP contribution is 2.17. The van der Waals surface area contributed by atoms with Crippen LogP contribution in [0.2, 0.25) is 0 Å². The van der Waals surface area contributed by atoms with Crippen molar-refractivity contribution in [3.63, 3.8) is 0 Å². The number of amides is 2. The summed E-state index contributed by atoms with van der Waals surface area (Å²) < 4.78 is 5.34. The third-order valence-corrected chi connectivity index (χ3v) is 5.84. The van der Waals surface area contributed by atoms with E-state index in [1.54, 1.807) is 7.11 Å². The normalized spacial score (nSPS) is 15.5. The Morgan fingerprint density at radius 1 is 1.00 bits per heavy atom. The Balaban J connectivity index is 1.47. The molecule has 2 aromatic rings. The number of rotatable bonds is 7. The molecule has 160 valence electrons. The van der Waals surface area contributed by atoms with Crippen LogP contribution in [0.5, 0.6) is 5.75 Å². The summed E-state index contributed by atoms with van der Waals surface area (Å²) in [5.41, 5.74) is 3.17. The molecule has 30 heavy (non-hydrogen) atoms. The molecule has 1 aliphatic heterocycles. The van der Waals surface area contributed by atoms with Gasteiger partial charge in [-0.3, -0.25) is 14.5 Å². The summed E-state index contributed by atoms with van der Waals surface area (Å²) in [6, 6.07) is 15.4. The topological polar surface area (TPSA) is 61.9 Å². The fourth-order valence-electron chi connectivity index (χ4n) is 3.79. The molecule has 2 amide bonds. The molecule has 1 N–H and O–H groups in total. The van der Waals surface area contributed by atoms with Gasteiger partial charge in [-0.05, 0) is 31.0 Å². The number of benzene rings is 2. The van der Waals surface area contributed by atoms with Gasteiger partial charge in [-0.15, -0.1) is 0 Å². The summed E-state index contributed by atoms with van der Waals surface area (Å²) in [7, 11) is 1.63. The van der Waals surface area contributed by atoms with Gasteiger partial charge in [-0.25, -0.2) is 0 Å². The van der Waals surface area contributed by atoms with Gasteiger partial charge >= 0.3 is 0 Å². The molecule has 1 atom stereocenters. The van der Waals surface area contributed by atoms with Crippen LogP contribution < -0.4 is 10.1 Å². The van der Waals surface area contributed by atoms with Gasteiger partial charge in [0.05, 0.1) is 19.6 Å². The van der Waals surface area contributed by atoms with Crippen molar-refractivity contribution >= 4 is 11.8 Å². The number of nitrogens with zero attached hydrogens (tertiary/aromatic N) is 2. The van der Waals surface area contributed by atoms with E-state index in [0.29, 0.717) is 39.1 Å². The van der Waals surface area contributed by atoms with E-state index in [-0.39, 0.29) is 17.9 Å². The van der Waals surface area contributed by atoms with Gasteiger partial charge < -0.3 is 15.0 Å². The van der Waals surface area contributed by atoms with Crippen LogP contribution in [0.15, 0.2) is 48.5 Å². The minimum Gasteiger partial charge on any atom is -0.496 e. The lowest BCUT2D eigenvalue weighted by molar-refractivity contribution is -0.133. The molecule has 3 rings (SSSR count). The fourth-order valence-corrected chi connectivity index (χ4v) is 3.79. The van der Waals surface area contributed by atoms with Crippen molar-refractivity contribution in [3.05, 3.63) is 65.2 Å². The van der Waals surface area contributed by atoms with Gasteiger partial charge in [0, 0.05) is 38.3 Å². The molecule has 0 aliphatic carbocycles. The van der Waals surface area contributed by atoms with E-state index in [4.69, 9.17) is 4.74 Å². The van der Waals surface area contributed by atoms with Crippen LogP contribution >= 0.6 is 0 Å². The number of para-hydroxylation sites is 1. The predicted octanol–water partition coefficient (Wildman–Crippen LogP) is 2.40. The third kappa shape index (κ3) is 5.39. The van der Waals surface area contributed by atoms with Gasteiger partial charge in [0.15, 0.2) is 0 Å². The summed E-state index contributed by atoms with van der Waals surface area (Å²) in [6.45, 7) is 7.07. The average molecular weight is 410 g/mol. The standard InChI is InChI=1S/C24H31N3O3/c1-18-8-4-5-9-20(18)16-23(28)27-14-12-26(13-15-27)19(2)24(29)25-17-21-10-6-7-11-22(21)30-3/h4-11,19H,12-17H2,1-3H3,(H,25,29). The molecule has 0 radical (unpaired) electrons. The van der Waals surface area contributed by atoms with Gasteiger partial charge in [-0.2, -0.15) is 0 Å². The first-order valence-electron chi connectivity index (χ1n) is 10.5. The molecule has 1 aliphatic rings. The van der Waals surface area contributed by atoms with E-state index < -0.39 is 0 Å². The number of piperazine rings is 1. The Labute approximate surface area is 178 Å². The second kappa shape index (κ2) is 10.3. The maximum atomic E-state index is 12.7. The molecule has 0 spiro atoms. The molecule has 0 saturated carbocycles. The van der Waals surface area contributed by atoms with E-state index in [1.165, 1.54) is 0 Å². The smallest absolute Gasteiger partial charge is 0.237 e. The van der Waals surface area contributed by atoms with E-state index in [2.05, 4.69) is 10.2 Å². The van der Waals surface area contributed by atoms with E-state index in [0.717, 1.165) is 22.4 Å². The lowest BCUT2D eigenvalue weighted by Crippen LogP contribution is -2.55. The molecular formula is C24H31N3O3. The predicted molar refractivity (Wildman–Crippen MR) is 117 cm³/mol. The fraction of sp³-hybridized carbons (Fsp3) is 0.417.